The number of nitrogens with zero attached hydrogens (tertiary/aromatic N) is 1. The van der Waals surface area contributed by atoms with Crippen LogP contribution in [-0.2, 0) is 0 Å². The standard InChI is InChI=1S/C16H12BrNO3/c1-8-3-4-9(2)14(16(19)20)13(8)15-18-11-7-10(17)5-6-12(11)21-15/h3-7H,1-2H3,(H,19,20). The summed E-state index contributed by atoms with van der Waals surface area (Å²) in [5, 5.41) is 9.47. The second-order valence-corrected chi connectivity index (χ2v) is 5.80. The molecule has 106 valence electrons. The highest BCUT2D eigenvalue weighted by Gasteiger charge is 2.21. The third-order valence-corrected chi connectivity index (χ3v) is 3.89. The van der Waals surface area contributed by atoms with Gasteiger partial charge in [-0.05, 0) is 43.2 Å². The monoisotopic (exact) mass is 345 g/mol. The molecule has 21 heavy (non-hydrogen) atoms. The van der Waals surface area contributed by atoms with E-state index in [1.807, 2.05) is 31.2 Å². The first kappa shape index (κ1) is 13.8. The number of halogens is 1. The van der Waals surface area contributed by atoms with E-state index in [0.29, 0.717) is 28.1 Å². The van der Waals surface area contributed by atoms with E-state index in [1.165, 1.54) is 0 Å². The summed E-state index contributed by atoms with van der Waals surface area (Å²) in [6, 6.07) is 9.18. The van der Waals surface area contributed by atoms with E-state index >= 15 is 0 Å². The maximum Gasteiger partial charge on any atom is 0.336 e. The van der Waals surface area contributed by atoms with Crippen molar-refractivity contribution in [3.05, 3.63) is 51.5 Å². The number of aromatic carboxylic acids is 1. The molecule has 0 amide bonds. The minimum atomic E-state index is -0.977. The maximum absolute atomic E-state index is 11.6. The fourth-order valence-electron chi connectivity index (χ4n) is 2.37. The van der Waals surface area contributed by atoms with Gasteiger partial charge in [0.05, 0.1) is 11.1 Å². The van der Waals surface area contributed by atoms with Crippen molar-refractivity contribution in [1.82, 2.24) is 4.98 Å². The number of carbonyl (C=O) groups is 1. The highest BCUT2D eigenvalue weighted by Crippen LogP contribution is 2.32. The molecule has 3 aromatic rings. The van der Waals surface area contributed by atoms with Gasteiger partial charge in [-0.25, -0.2) is 9.78 Å². The van der Waals surface area contributed by atoms with Crippen LogP contribution in [0.1, 0.15) is 21.5 Å². The minimum absolute atomic E-state index is 0.237. The number of carboxylic acids is 1. The maximum atomic E-state index is 11.6. The molecule has 0 saturated heterocycles. The zero-order chi connectivity index (χ0) is 15.1. The van der Waals surface area contributed by atoms with Crippen molar-refractivity contribution in [2.75, 3.05) is 0 Å². The predicted molar refractivity (Wildman–Crippen MR) is 83.6 cm³/mol. The number of rotatable bonds is 2. The molecule has 0 aliphatic carbocycles. The smallest absolute Gasteiger partial charge is 0.336 e. The number of fused-ring (bicyclic) bond motifs is 1. The van der Waals surface area contributed by atoms with Crippen molar-refractivity contribution in [2.45, 2.75) is 13.8 Å². The average molecular weight is 346 g/mol. The number of hydrogen-bond donors (Lipinski definition) is 1. The Morgan fingerprint density at radius 1 is 1.19 bits per heavy atom. The first-order valence-electron chi connectivity index (χ1n) is 6.37. The van der Waals surface area contributed by atoms with Crippen LogP contribution in [0, 0.1) is 13.8 Å². The zero-order valence-corrected chi connectivity index (χ0v) is 13.1. The molecule has 0 bridgehead atoms. The van der Waals surface area contributed by atoms with Gasteiger partial charge in [0.1, 0.15) is 5.52 Å². The molecule has 0 spiro atoms. The minimum Gasteiger partial charge on any atom is -0.478 e. The molecule has 0 radical (unpaired) electrons. The molecule has 0 atom stereocenters. The second-order valence-electron chi connectivity index (χ2n) is 4.89. The summed E-state index contributed by atoms with van der Waals surface area (Å²) in [6.07, 6.45) is 0. The zero-order valence-electron chi connectivity index (χ0n) is 11.5. The molecule has 5 heteroatoms. The van der Waals surface area contributed by atoms with Gasteiger partial charge in [-0.1, -0.05) is 28.1 Å². The van der Waals surface area contributed by atoms with Crippen LogP contribution in [0.15, 0.2) is 39.2 Å². The molecule has 0 unspecified atom stereocenters. The molecule has 0 saturated carbocycles. The lowest BCUT2D eigenvalue weighted by Gasteiger charge is -2.09. The van der Waals surface area contributed by atoms with E-state index in [-0.39, 0.29) is 5.56 Å². The lowest BCUT2D eigenvalue weighted by molar-refractivity contribution is 0.0696. The van der Waals surface area contributed by atoms with Crippen molar-refractivity contribution in [1.29, 1.82) is 0 Å². The van der Waals surface area contributed by atoms with Crippen molar-refractivity contribution in [3.63, 3.8) is 0 Å². The van der Waals surface area contributed by atoms with Gasteiger partial charge in [0.25, 0.3) is 0 Å². The van der Waals surface area contributed by atoms with Crippen LogP contribution in [-0.4, -0.2) is 16.1 Å². The van der Waals surface area contributed by atoms with Gasteiger partial charge >= 0.3 is 5.97 Å². The quantitative estimate of drug-likeness (QED) is 0.738. The van der Waals surface area contributed by atoms with Gasteiger partial charge in [-0.3, -0.25) is 0 Å². The molecular formula is C16H12BrNO3. The average Bonchev–Trinajstić information content (AvgIpc) is 2.83. The van der Waals surface area contributed by atoms with Gasteiger partial charge in [-0.15, -0.1) is 0 Å². The van der Waals surface area contributed by atoms with E-state index in [4.69, 9.17) is 4.42 Å². The SMILES string of the molecule is Cc1ccc(C)c(-c2nc3cc(Br)ccc3o2)c1C(=O)O. The van der Waals surface area contributed by atoms with Crippen LogP contribution in [0.4, 0.5) is 0 Å². The molecule has 2 aromatic carbocycles. The Labute approximate surface area is 129 Å². The Hall–Kier alpha value is -2.14. The van der Waals surface area contributed by atoms with Crippen LogP contribution in [0.5, 0.6) is 0 Å². The van der Waals surface area contributed by atoms with Crippen LogP contribution < -0.4 is 0 Å². The molecule has 0 fully saturated rings. The van der Waals surface area contributed by atoms with Gasteiger partial charge in [0.15, 0.2) is 5.58 Å². The Bertz CT molecular complexity index is 867. The third kappa shape index (κ3) is 2.34. The predicted octanol–water partition coefficient (Wildman–Crippen LogP) is 4.57. The Balaban J connectivity index is 2.32. The number of benzene rings is 2. The van der Waals surface area contributed by atoms with Crippen molar-refractivity contribution >= 4 is 33.0 Å². The summed E-state index contributed by atoms with van der Waals surface area (Å²) in [7, 11) is 0. The first-order chi connectivity index (χ1) is 9.97. The molecule has 1 aromatic heterocycles. The molecule has 1 N–H and O–H groups in total. The Kier molecular flexibility index (Phi) is 3.29. The highest BCUT2D eigenvalue weighted by atomic mass is 79.9. The molecule has 4 nitrogen and oxygen atoms in total. The number of oxazole rings is 1. The lowest BCUT2D eigenvalue weighted by atomic mass is 9.97. The molecule has 3 rings (SSSR count). The van der Waals surface area contributed by atoms with Crippen LogP contribution in [0.25, 0.3) is 22.6 Å². The lowest BCUT2D eigenvalue weighted by Crippen LogP contribution is -2.04. The fourth-order valence-corrected chi connectivity index (χ4v) is 2.72. The van der Waals surface area contributed by atoms with Crippen molar-refractivity contribution in [3.8, 4) is 11.5 Å². The second kappa shape index (κ2) is 5.00. The Morgan fingerprint density at radius 2 is 1.90 bits per heavy atom. The molecular weight excluding hydrogens is 334 g/mol. The molecule has 0 aliphatic heterocycles. The van der Waals surface area contributed by atoms with Crippen molar-refractivity contribution in [2.24, 2.45) is 0 Å². The summed E-state index contributed by atoms with van der Waals surface area (Å²) in [5.74, 6) is -0.642. The Morgan fingerprint density at radius 3 is 2.62 bits per heavy atom. The van der Waals surface area contributed by atoms with E-state index in [0.717, 1.165) is 10.0 Å². The van der Waals surface area contributed by atoms with Gasteiger partial charge < -0.3 is 9.52 Å². The highest BCUT2D eigenvalue weighted by molar-refractivity contribution is 9.10. The van der Waals surface area contributed by atoms with Gasteiger partial charge in [0.2, 0.25) is 5.89 Å². The normalized spacial score (nSPS) is 11.0. The number of carboxylic acid groups (broad SMARTS) is 1. The summed E-state index contributed by atoms with van der Waals surface area (Å²) in [6.45, 7) is 3.62. The van der Waals surface area contributed by atoms with Crippen molar-refractivity contribution < 1.29 is 14.3 Å². The van der Waals surface area contributed by atoms with Crippen LogP contribution in [0.3, 0.4) is 0 Å². The van der Waals surface area contributed by atoms with E-state index in [9.17, 15) is 9.90 Å². The molecule has 0 aliphatic rings. The van der Waals surface area contributed by atoms with Gasteiger partial charge in [0, 0.05) is 4.47 Å². The largest absolute Gasteiger partial charge is 0.478 e. The summed E-state index contributed by atoms with van der Waals surface area (Å²) >= 11 is 3.39. The third-order valence-electron chi connectivity index (χ3n) is 3.40. The summed E-state index contributed by atoms with van der Waals surface area (Å²) in [5.41, 5.74) is 3.60. The summed E-state index contributed by atoms with van der Waals surface area (Å²) < 4.78 is 6.64. The first-order valence-corrected chi connectivity index (χ1v) is 7.16. The van der Waals surface area contributed by atoms with Crippen LogP contribution >= 0.6 is 15.9 Å². The topological polar surface area (TPSA) is 63.3 Å². The molecule has 1 heterocycles. The number of hydrogen-bond acceptors (Lipinski definition) is 3. The van der Waals surface area contributed by atoms with Gasteiger partial charge in [-0.2, -0.15) is 0 Å². The fraction of sp³-hybridized carbons (Fsp3) is 0.125. The number of aryl methyl sites for hydroxylation is 2. The summed E-state index contributed by atoms with van der Waals surface area (Å²) in [4.78, 5) is 16.0. The van der Waals surface area contributed by atoms with E-state index in [1.54, 1.807) is 13.0 Å². The number of aromatic nitrogens is 1. The van der Waals surface area contributed by atoms with Crippen LogP contribution in [0.2, 0.25) is 0 Å². The van der Waals surface area contributed by atoms with E-state index in [2.05, 4.69) is 20.9 Å². The van der Waals surface area contributed by atoms with E-state index < -0.39 is 5.97 Å².